The molecule has 0 aromatic heterocycles. The first kappa shape index (κ1) is 18.9. The van der Waals surface area contributed by atoms with Crippen LogP contribution >= 0.6 is 0 Å². The summed E-state index contributed by atoms with van der Waals surface area (Å²) in [6.45, 7) is 8.62. The smallest absolute Gasteiger partial charge is 0.157 e. The van der Waals surface area contributed by atoms with Crippen LogP contribution in [0.4, 0.5) is 0 Å². The average molecular weight is 396 g/mol. The lowest BCUT2D eigenvalue weighted by Gasteiger charge is -2.63. The first-order valence-electron chi connectivity index (χ1n) is 10.5. The van der Waals surface area contributed by atoms with Gasteiger partial charge in [0, 0.05) is 51.9 Å². The molecule has 0 aliphatic carbocycles. The van der Waals surface area contributed by atoms with Crippen LogP contribution in [0.2, 0.25) is 0 Å². The molecule has 6 heteroatoms. The van der Waals surface area contributed by atoms with Gasteiger partial charge in [-0.1, -0.05) is 36.4 Å². The molecule has 6 nitrogen and oxygen atoms in total. The Kier molecular flexibility index (Phi) is 4.95. The minimum atomic E-state index is -0.0613. The van der Waals surface area contributed by atoms with Crippen LogP contribution in [0, 0.1) is 0 Å². The molecule has 0 saturated carbocycles. The van der Waals surface area contributed by atoms with E-state index in [9.17, 15) is 10.2 Å². The van der Waals surface area contributed by atoms with E-state index in [1.165, 1.54) is 5.56 Å². The largest absolute Gasteiger partial charge is 0.504 e. The molecule has 2 aromatic carbocycles. The van der Waals surface area contributed by atoms with Crippen LogP contribution in [-0.4, -0.2) is 82.4 Å². The molecule has 3 heterocycles. The number of aromatic hydroxyl groups is 2. The monoisotopic (exact) mass is 395 g/mol. The lowest BCUT2D eigenvalue weighted by molar-refractivity contribution is -0.168. The number of benzene rings is 2. The summed E-state index contributed by atoms with van der Waals surface area (Å²) in [6, 6.07) is 16.3. The number of likely N-dealkylation sites (tertiary alicyclic amines) is 1. The highest BCUT2D eigenvalue weighted by molar-refractivity contribution is 5.40. The molecule has 1 unspecified atom stereocenters. The number of phenols is 2. The van der Waals surface area contributed by atoms with Crippen molar-refractivity contribution in [3.63, 3.8) is 0 Å². The third kappa shape index (κ3) is 3.73. The summed E-state index contributed by atoms with van der Waals surface area (Å²) in [5, 5.41) is 19.3. The van der Waals surface area contributed by atoms with Crippen LogP contribution in [0.25, 0.3) is 0 Å². The Balaban J connectivity index is 1.29. The maximum absolute atomic E-state index is 9.78. The zero-order valence-electron chi connectivity index (χ0n) is 16.7. The molecule has 1 atom stereocenters. The Labute approximate surface area is 171 Å². The van der Waals surface area contributed by atoms with Crippen LogP contribution in [-0.2, 0) is 17.8 Å². The van der Waals surface area contributed by atoms with Gasteiger partial charge in [0.15, 0.2) is 11.5 Å². The van der Waals surface area contributed by atoms with E-state index in [0.29, 0.717) is 6.04 Å². The van der Waals surface area contributed by atoms with Crippen LogP contribution in [0.3, 0.4) is 0 Å². The molecule has 3 aliphatic heterocycles. The molecular weight excluding hydrogens is 366 g/mol. The fourth-order valence-corrected chi connectivity index (χ4v) is 5.37. The van der Waals surface area contributed by atoms with Gasteiger partial charge in [0.2, 0.25) is 0 Å². The van der Waals surface area contributed by atoms with Crippen LogP contribution in [0.5, 0.6) is 11.5 Å². The number of morpholine rings is 1. The van der Waals surface area contributed by atoms with E-state index in [-0.39, 0.29) is 17.0 Å². The molecule has 29 heavy (non-hydrogen) atoms. The number of ether oxygens (including phenoxy) is 1. The molecule has 0 radical (unpaired) electrons. The number of piperazine rings is 1. The maximum atomic E-state index is 9.78. The summed E-state index contributed by atoms with van der Waals surface area (Å²) in [5.74, 6) is -0.105. The molecule has 5 rings (SSSR count). The van der Waals surface area contributed by atoms with Crippen LogP contribution < -0.4 is 0 Å². The average Bonchev–Trinajstić information content (AvgIpc) is 2.70. The molecular formula is C23H29N3O3. The third-order valence-electron chi connectivity index (χ3n) is 6.55. The summed E-state index contributed by atoms with van der Waals surface area (Å²) in [7, 11) is 0. The zero-order valence-corrected chi connectivity index (χ0v) is 16.7. The van der Waals surface area contributed by atoms with Crippen molar-refractivity contribution in [2.45, 2.75) is 24.7 Å². The van der Waals surface area contributed by atoms with Gasteiger partial charge in [-0.2, -0.15) is 0 Å². The first-order chi connectivity index (χ1) is 14.1. The van der Waals surface area contributed by atoms with Crippen LogP contribution in [0.15, 0.2) is 48.5 Å². The van der Waals surface area contributed by atoms with Gasteiger partial charge in [0.1, 0.15) is 0 Å². The van der Waals surface area contributed by atoms with Crippen molar-refractivity contribution in [1.29, 1.82) is 0 Å². The SMILES string of the molecule is Oc1ccc(CN2CC3(CN(Cc4ccccc4)CC4COCCN43)C2)cc1O. The number of rotatable bonds is 4. The van der Waals surface area contributed by atoms with E-state index in [1.807, 2.05) is 6.07 Å². The van der Waals surface area contributed by atoms with Crippen molar-refractivity contribution < 1.29 is 14.9 Å². The Morgan fingerprint density at radius 3 is 2.45 bits per heavy atom. The van der Waals surface area contributed by atoms with Gasteiger partial charge in [-0.3, -0.25) is 14.7 Å². The van der Waals surface area contributed by atoms with Gasteiger partial charge in [-0.15, -0.1) is 0 Å². The molecule has 154 valence electrons. The quantitative estimate of drug-likeness (QED) is 0.771. The predicted octanol–water partition coefficient (Wildman–Crippen LogP) is 1.87. The Hall–Kier alpha value is -2.12. The van der Waals surface area contributed by atoms with E-state index in [4.69, 9.17) is 4.74 Å². The van der Waals surface area contributed by atoms with Gasteiger partial charge < -0.3 is 14.9 Å². The fourth-order valence-electron chi connectivity index (χ4n) is 5.37. The minimum Gasteiger partial charge on any atom is -0.504 e. The molecule has 1 spiro atoms. The van der Waals surface area contributed by atoms with E-state index in [0.717, 1.165) is 64.6 Å². The second-order valence-corrected chi connectivity index (χ2v) is 8.77. The molecule has 0 amide bonds. The zero-order chi connectivity index (χ0) is 19.8. The van der Waals surface area contributed by atoms with Crippen molar-refractivity contribution in [3.8, 4) is 11.5 Å². The Morgan fingerprint density at radius 1 is 0.897 bits per heavy atom. The third-order valence-corrected chi connectivity index (χ3v) is 6.55. The number of hydrogen-bond donors (Lipinski definition) is 2. The lowest BCUT2D eigenvalue weighted by atomic mass is 9.82. The van der Waals surface area contributed by atoms with Gasteiger partial charge in [0.05, 0.1) is 18.8 Å². The van der Waals surface area contributed by atoms with Gasteiger partial charge >= 0.3 is 0 Å². The summed E-state index contributed by atoms with van der Waals surface area (Å²) >= 11 is 0. The number of fused-ring (bicyclic) bond motifs is 2. The first-order valence-corrected chi connectivity index (χ1v) is 10.5. The van der Waals surface area contributed by atoms with Crippen molar-refractivity contribution in [2.24, 2.45) is 0 Å². The number of phenolic OH excluding ortho intramolecular Hbond substituents is 2. The molecule has 0 bridgehead atoms. The molecule has 2 aromatic rings. The Morgan fingerprint density at radius 2 is 1.66 bits per heavy atom. The van der Waals surface area contributed by atoms with Crippen molar-refractivity contribution in [1.82, 2.24) is 14.7 Å². The van der Waals surface area contributed by atoms with Crippen molar-refractivity contribution in [2.75, 3.05) is 45.9 Å². The fraction of sp³-hybridized carbons (Fsp3) is 0.478. The highest BCUT2D eigenvalue weighted by Gasteiger charge is 2.53. The lowest BCUT2D eigenvalue weighted by Crippen LogP contribution is -2.80. The standard InChI is InChI=1S/C23H29N3O3/c27-21-7-6-19(10-22(21)28)12-25-16-23(17-25)15-24(11-18-4-2-1-3-5-18)13-20-14-29-9-8-26(20)23/h1-7,10,20,27-28H,8-9,11-17H2. The van der Waals surface area contributed by atoms with E-state index < -0.39 is 0 Å². The molecule has 3 saturated heterocycles. The second kappa shape index (κ2) is 7.61. The van der Waals surface area contributed by atoms with E-state index >= 15 is 0 Å². The van der Waals surface area contributed by atoms with Crippen molar-refractivity contribution in [3.05, 3.63) is 59.7 Å². The van der Waals surface area contributed by atoms with E-state index in [1.54, 1.807) is 12.1 Å². The van der Waals surface area contributed by atoms with Gasteiger partial charge in [0.25, 0.3) is 0 Å². The molecule has 3 aliphatic rings. The summed E-state index contributed by atoms with van der Waals surface area (Å²) in [6.07, 6.45) is 0. The van der Waals surface area contributed by atoms with Crippen LogP contribution in [0.1, 0.15) is 11.1 Å². The topological polar surface area (TPSA) is 59.4 Å². The number of hydrogen-bond acceptors (Lipinski definition) is 6. The minimum absolute atomic E-state index is 0.0438. The normalized spacial score (nSPS) is 24.9. The summed E-state index contributed by atoms with van der Waals surface area (Å²) in [5.41, 5.74) is 2.58. The number of nitrogens with zero attached hydrogens (tertiary/aromatic N) is 3. The van der Waals surface area contributed by atoms with E-state index in [2.05, 4.69) is 45.0 Å². The van der Waals surface area contributed by atoms with Crippen molar-refractivity contribution >= 4 is 0 Å². The van der Waals surface area contributed by atoms with Gasteiger partial charge in [-0.25, -0.2) is 0 Å². The summed E-state index contributed by atoms with van der Waals surface area (Å²) in [4.78, 5) is 7.72. The summed E-state index contributed by atoms with van der Waals surface area (Å²) < 4.78 is 5.81. The molecule has 3 fully saturated rings. The van der Waals surface area contributed by atoms with Gasteiger partial charge in [-0.05, 0) is 23.3 Å². The highest BCUT2D eigenvalue weighted by atomic mass is 16.5. The highest BCUT2D eigenvalue weighted by Crippen LogP contribution is 2.37. The maximum Gasteiger partial charge on any atom is 0.157 e. The Bertz CT molecular complexity index is 854. The molecule has 2 N–H and O–H groups in total. The second-order valence-electron chi connectivity index (χ2n) is 8.77. The predicted molar refractivity (Wildman–Crippen MR) is 111 cm³/mol.